The van der Waals surface area contributed by atoms with Gasteiger partial charge in [0.1, 0.15) is 0 Å². The highest BCUT2D eigenvalue weighted by atomic mass is 32.2. The molecule has 1 heterocycles. The van der Waals surface area contributed by atoms with Crippen LogP contribution in [0.2, 0.25) is 0 Å². The quantitative estimate of drug-likeness (QED) is 0.344. The average molecular weight is 285 g/mol. The Morgan fingerprint density at radius 2 is 2.00 bits per heavy atom. The predicted octanol–water partition coefficient (Wildman–Crippen LogP) is 2.61. The number of hydrogen-bond acceptors (Lipinski definition) is 7. The number of anilines is 2. The van der Waals surface area contributed by atoms with E-state index in [1.807, 2.05) is 6.26 Å². The molecule has 106 valence electrons. The van der Waals surface area contributed by atoms with Crippen molar-refractivity contribution in [3.05, 3.63) is 10.1 Å². The Bertz CT molecular complexity index is 453. The van der Waals surface area contributed by atoms with Crippen molar-refractivity contribution >= 4 is 29.1 Å². The maximum atomic E-state index is 11.1. The summed E-state index contributed by atoms with van der Waals surface area (Å²) in [7, 11) is 1.61. The van der Waals surface area contributed by atoms with Gasteiger partial charge in [-0.25, -0.2) is 0 Å². The molecule has 0 fully saturated rings. The number of thioether (sulfide) groups is 1. The van der Waals surface area contributed by atoms with Gasteiger partial charge in [-0.3, -0.25) is 10.1 Å². The Hall–Kier alpha value is -1.57. The Morgan fingerprint density at radius 3 is 2.47 bits per heavy atom. The fourth-order valence-electron chi connectivity index (χ4n) is 1.48. The van der Waals surface area contributed by atoms with Crippen LogP contribution in [-0.4, -0.2) is 34.7 Å². The summed E-state index contributed by atoms with van der Waals surface area (Å²) in [6, 6.07) is 0. The third-order valence-corrected chi connectivity index (χ3v) is 3.03. The van der Waals surface area contributed by atoms with E-state index in [1.54, 1.807) is 7.05 Å². The lowest BCUT2D eigenvalue weighted by atomic mass is 10.1. The van der Waals surface area contributed by atoms with Crippen molar-refractivity contribution in [2.75, 3.05) is 30.5 Å². The van der Waals surface area contributed by atoms with Gasteiger partial charge in [-0.1, -0.05) is 25.6 Å². The van der Waals surface area contributed by atoms with E-state index in [4.69, 9.17) is 0 Å². The fraction of sp³-hybridized carbons (Fsp3) is 0.636. The minimum absolute atomic E-state index is 0.107. The Labute approximate surface area is 116 Å². The Balaban J connectivity index is 3.07. The second kappa shape index (κ2) is 7.13. The molecular formula is C11H19N5O2S. The summed E-state index contributed by atoms with van der Waals surface area (Å²) in [5, 5.41) is 17.4. The maximum Gasteiger partial charge on any atom is 0.353 e. The molecule has 8 heteroatoms. The molecule has 0 spiro atoms. The monoisotopic (exact) mass is 285 g/mol. The van der Waals surface area contributed by atoms with Crippen LogP contribution in [0.15, 0.2) is 5.16 Å². The van der Waals surface area contributed by atoms with Crippen LogP contribution in [0.25, 0.3) is 0 Å². The lowest BCUT2D eigenvalue weighted by Gasteiger charge is -2.11. The van der Waals surface area contributed by atoms with Crippen LogP contribution >= 0.6 is 11.8 Å². The van der Waals surface area contributed by atoms with Gasteiger partial charge in [0.25, 0.3) is 0 Å². The van der Waals surface area contributed by atoms with E-state index in [-0.39, 0.29) is 17.3 Å². The molecule has 7 nitrogen and oxygen atoms in total. The zero-order valence-corrected chi connectivity index (χ0v) is 12.4. The molecule has 0 radical (unpaired) electrons. The van der Waals surface area contributed by atoms with Gasteiger partial charge >= 0.3 is 5.69 Å². The van der Waals surface area contributed by atoms with E-state index in [0.717, 1.165) is 6.42 Å². The second-order valence-corrected chi connectivity index (χ2v) is 5.15. The van der Waals surface area contributed by atoms with Crippen LogP contribution in [0.1, 0.15) is 20.3 Å². The van der Waals surface area contributed by atoms with Crippen molar-refractivity contribution in [2.45, 2.75) is 25.4 Å². The third-order valence-electron chi connectivity index (χ3n) is 2.48. The molecule has 1 rings (SSSR count). The largest absolute Gasteiger partial charge is 0.367 e. The molecule has 19 heavy (non-hydrogen) atoms. The smallest absolute Gasteiger partial charge is 0.353 e. The van der Waals surface area contributed by atoms with Crippen molar-refractivity contribution in [1.82, 2.24) is 9.97 Å². The van der Waals surface area contributed by atoms with E-state index in [0.29, 0.717) is 17.6 Å². The fourth-order valence-corrected chi connectivity index (χ4v) is 1.84. The number of nitrogens with zero attached hydrogens (tertiary/aromatic N) is 3. The summed E-state index contributed by atoms with van der Waals surface area (Å²) >= 11 is 1.35. The van der Waals surface area contributed by atoms with E-state index in [1.165, 1.54) is 11.8 Å². The SMILES string of the molecule is CNc1nc(SC)nc(NCCC(C)C)c1[N+](=O)[O-]. The highest BCUT2D eigenvalue weighted by Crippen LogP contribution is 2.31. The van der Waals surface area contributed by atoms with Gasteiger partial charge in [0.15, 0.2) is 5.16 Å². The number of aromatic nitrogens is 2. The van der Waals surface area contributed by atoms with Crippen molar-refractivity contribution in [2.24, 2.45) is 5.92 Å². The summed E-state index contributed by atoms with van der Waals surface area (Å²) in [5.74, 6) is 1.03. The summed E-state index contributed by atoms with van der Waals surface area (Å²) in [4.78, 5) is 18.9. The van der Waals surface area contributed by atoms with Gasteiger partial charge in [-0.2, -0.15) is 9.97 Å². The second-order valence-electron chi connectivity index (χ2n) is 4.37. The number of nitrogens with one attached hydrogen (secondary N) is 2. The molecule has 0 saturated heterocycles. The van der Waals surface area contributed by atoms with Gasteiger partial charge in [0, 0.05) is 13.6 Å². The summed E-state index contributed by atoms with van der Waals surface area (Å²) in [6.45, 7) is 4.84. The Morgan fingerprint density at radius 1 is 1.37 bits per heavy atom. The van der Waals surface area contributed by atoms with Gasteiger partial charge in [-0.15, -0.1) is 0 Å². The molecule has 0 bridgehead atoms. The Kier molecular flexibility index (Phi) is 5.81. The number of rotatable bonds is 7. The van der Waals surface area contributed by atoms with E-state index in [2.05, 4.69) is 34.4 Å². The first kappa shape index (κ1) is 15.5. The zero-order valence-electron chi connectivity index (χ0n) is 11.6. The molecule has 1 aromatic rings. The summed E-state index contributed by atoms with van der Waals surface area (Å²) in [5.41, 5.74) is -0.107. The van der Waals surface area contributed by atoms with Crippen molar-refractivity contribution in [1.29, 1.82) is 0 Å². The normalized spacial score (nSPS) is 10.6. The zero-order chi connectivity index (χ0) is 14.4. The minimum atomic E-state index is -0.465. The molecule has 0 saturated carbocycles. The molecule has 0 unspecified atom stereocenters. The predicted molar refractivity (Wildman–Crippen MR) is 78.0 cm³/mol. The molecule has 0 aliphatic rings. The molecule has 2 N–H and O–H groups in total. The first-order valence-corrected chi connectivity index (χ1v) is 7.24. The summed E-state index contributed by atoms with van der Waals surface area (Å²) < 4.78 is 0. The first-order valence-electron chi connectivity index (χ1n) is 6.01. The molecule has 1 aromatic heterocycles. The van der Waals surface area contributed by atoms with Crippen LogP contribution in [0.5, 0.6) is 0 Å². The van der Waals surface area contributed by atoms with Gasteiger partial charge in [0.05, 0.1) is 4.92 Å². The van der Waals surface area contributed by atoms with E-state index in [9.17, 15) is 10.1 Å². The standard InChI is InChI=1S/C11H19N5O2S/c1-7(2)5-6-13-10-8(16(17)18)9(12-3)14-11(15-10)19-4/h7H,5-6H2,1-4H3,(H2,12,13,14,15). The number of nitro groups is 1. The summed E-state index contributed by atoms with van der Waals surface area (Å²) in [6.07, 6.45) is 2.75. The van der Waals surface area contributed by atoms with Crippen LogP contribution in [0.4, 0.5) is 17.3 Å². The van der Waals surface area contributed by atoms with Crippen molar-refractivity contribution < 1.29 is 4.92 Å². The molecule has 0 aliphatic heterocycles. The van der Waals surface area contributed by atoms with Crippen molar-refractivity contribution in [3.8, 4) is 0 Å². The van der Waals surface area contributed by atoms with E-state index >= 15 is 0 Å². The lowest BCUT2D eigenvalue weighted by Crippen LogP contribution is -2.11. The topological polar surface area (TPSA) is 93.0 Å². The first-order chi connectivity index (χ1) is 8.99. The molecular weight excluding hydrogens is 266 g/mol. The van der Waals surface area contributed by atoms with Crippen LogP contribution in [0, 0.1) is 16.0 Å². The van der Waals surface area contributed by atoms with E-state index < -0.39 is 4.92 Å². The van der Waals surface area contributed by atoms with Crippen LogP contribution in [0.3, 0.4) is 0 Å². The molecule has 0 atom stereocenters. The molecule has 0 aromatic carbocycles. The number of hydrogen-bond donors (Lipinski definition) is 2. The van der Waals surface area contributed by atoms with Gasteiger partial charge in [0.2, 0.25) is 11.6 Å². The maximum absolute atomic E-state index is 11.1. The average Bonchev–Trinajstić information content (AvgIpc) is 2.36. The van der Waals surface area contributed by atoms with Crippen LogP contribution < -0.4 is 10.6 Å². The van der Waals surface area contributed by atoms with Gasteiger partial charge < -0.3 is 10.6 Å². The molecule has 0 aliphatic carbocycles. The van der Waals surface area contributed by atoms with Crippen molar-refractivity contribution in [3.63, 3.8) is 0 Å². The van der Waals surface area contributed by atoms with Gasteiger partial charge in [-0.05, 0) is 18.6 Å². The third kappa shape index (κ3) is 4.23. The lowest BCUT2D eigenvalue weighted by molar-refractivity contribution is -0.383. The highest BCUT2D eigenvalue weighted by Gasteiger charge is 2.23. The van der Waals surface area contributed by atoms with Crippen LogP contribution in [-0.2, 0) is 0 Å². The minimum Gasteiger partial charge on any atom is -0.367 e. The highest BCUT2D eigenvalue weighted by molar-refractivity contribution is 7.98. The molecule has 0 amide bonds.